The van der Waals surface area contributed by atoms with E-state index >= 15 is 0 Å². The van der Waals surface area contributed by atoms with Gasteiger partial charge in [0.25, 0.3) is 0 Å². The highest BCUT2D eigenvalue weighted by atomic mass is 19.4. The van der Waals surface area contributed by atoms with E-state index < -0.39 is 11.7 Å². The Kier molecular flexibility index (Phi) is 2.97. The number of nitrogens with one attached hydrogen (secondary N) is 2. The number of hydrogen-bond donors (Lipinski definition) is 2. The van der Waals surface area contributed by atoms with Gasteiger partial charge in [0.1, 0.15) is 5.69 Å². The quantitative estimate of drug-likeness (QED) is 0.760. The molecule has 0 spiro atoms. The lowest BCUT2D eigenvalue weighted by atomic mass is 9.91. The Morgan fingerprint density at radius 3 is 2.65 bits per heavy atom. The van der Waals surface area contributed by atoms with Crippen LogP contribution in [0.4, 0.5) is 13.2 Å². The molecule has 1 aliphatic rings. The summed E-state index contributed by atoms with van der Waals surface area (Å²) in [6.45, 7) is 0. The second-order valence-corrected chi connectivity index (χ2v) is 5.45. The Morgan fingerprint density at radius 2 is 1.91 bits per heavy atom. The van der Waals surface area contributed by atoms with Crippen molar-refractivity contribution in [3.8, 4) is 11.5 Å². The number of rotatable bonds is 2. The van der Waals surface area contributed by atoms with Crippen LogP contribution in [0.15, 0.2) is 24.3 Å². The molecule has 3 aromatic rings. The van der Waals surface area contributed by atoms with E-state index in [1.165, 1.54) is 6.07 Å². The summed E-state index contributed by atoms with van der Waals surface area (Å²) in [4.78, 5) is 0. The third-order valence-corrected chi connectivity index (χ3v) is 4.12. The number of tetrazole rings is 1. The standard InChI is InChI=1S/C14H11F3N6/c15-14(16,17)10-4-2-1-3-8(10)7-5-9-11(6-7)18-19-12(9)13-20-22-23-21-13/h1-4,7H,5-6H2,(H,18,19)(H,20,21,22,23). The molecular formula is C14H11F3N6. The third-order valence-electron chi connectivity index (χ3n) is 4.12. The molecule has 0 fully saturated rings. The van der Waals surface area contributed by atoms with Crippen molar-refractivity contribution < 1.29 is 13.2 Å². The lowest BCUT2D eigenvalue weighted by Gasteiger charge is -2.17. The first kappa shape index (κ1) is 13.9. The van der Waals surface area contributed by atoms with Crippen molar-refractivity contribution in [2.24, 2.45) is 0 Å². The van der Waals surface area contributed by atoms with Crippen molar-refractivity contribution in [2.75, 3.05) is 0 Å². The molecule has 4 rings (SSSR count). The molecule has 2 heterocycles. The molecule has 2 aromatic heterocycles. The van der Waals surface area contributed by atoms with Crippen LogP contribution in [0.2, 0.25) is 0 Å². The van der Waals surface area contributed by atoms with E-state index in [4.69, 9.17) is 0 Å². The summed E-state index contributed by atoms with van der Waals surface area (Å²) >= 11 is 0. The van der Waals surface area contributed by atoms with Gasteiger partial charge in [0, 0.05) is 11.3 Å². The van der Waals surface area contributed by atoms with E-state index in [2.05, 4.69) is 30.8 Å². The molecule has 0 saturated carbocycles. The molecule has 23 heavy (non-hydrogen) atoms. The molecule has 9 heteroatoms. The van der Waals surface area contributed by atoms with Gasteiger partial charge in [-0.2, -0.15) is 23.5 Å². The van der Waals surface area contributed by atoms with Crippen molar-refractivity contribution in [2.45, 2.75) is 24.9 Å². The molecule has 1 aromatic carbocycles. The van der Waals surface area contributed by atoms with Gasteiger partial charge in [-0.05, 0) is 35.6 Å². The summed E-state index contributed by atoms with van der Waals surface area (Å²) < 4.78 is 39.6. The minimum Gasteiger partial charge on any atom is -0.282 e. The largest absolute Gasteiger partial charge is 0.416 e. The fraction of sp³-hybridized carbons (Fsp3) is 0.286. The lowest BCUT2D eigenvalue weighted by Crippen LogP contribution is -2.12. The number of aromatic amines is 2. The highest BCUT2D eigenvalue weighted by Crippen LogP contribution is 2.42. The van der Waals surface area contributed by atoms with Crippen molar-refractivity contribution in [3.05, 3.63) is 46.6 Å². The van der Waals surface area contributed by atoms with Crippen molar-refractivity contribution in [1.29, 1.82) is 0 Å². The van der Waals surface area contributed by atoms with Crippen molar-refractivity contribution >= 4 is 0 Å². The average molecular weight is 320 g/mol. The first-order valence-corrected chi connectivity index (χ1v) is 7.00. The Bertz CT molecular complexity index is 837. The van der Waals surface area contributed by atoms with Crippen molar-refractivity contribution in [1.82, 2.24) is 30.8 Å². The zero-order chi connectivity index (χ0) is 16.0. The van der Waals surface area contributed by atoms with E-state index in [0.29, 0.717) is 29.9 Å². The number of alkyl halides is 3. The summed E-state index contributed by atoms with van der Waals surface area (Å²) in [5.74, 6) is 0.0926. The van der Waals surface area contributed by atoms with Gasteiger partial charge in [-0.1, -0.05) is 18.2 Å². The van der Waals surface area contributed by atoms with Gasteiger partial charge in [-0.15, -0.1) is 10.2 Å². The maximum Gasteiger partial charge on any atom is 0.416 e. The van der Waals surface area contributed by atoms with Crippen LogP contribution in [0, 0.1) is 0 Å². The highest BCUT2D eigenvalue weighted by molar-refractivity contribution is 5.58. The summed E-state index contributed by atoms with van der Waals surface area (Å²) in [5, 5.41) is 20.6. The smallest absolute Gasteiger partial charge is 0.282 e. The first-order chi connectivity index (χ1) is 11.0. The average Bonchev–Trinajstić information content (AvgIpc) is 3.22. The zero-order valence-corrected chi connectivity index (χ0v) is 11.7. The summed E-state index contributed by atoms with van der Waals surface area (Å²) in [6, 6.07) is 5.71. The van der Waals surface area contributed by atoms with Gasteiger partial charge >= 0.3 is 6.18 Å². The predicted octanol–water partition coefficient (Wildman–Crippen LogP) is 2.49. The molecule has 0 saturated heterocycles. The molecule has 1 unspecified atom stereocenters. The van der Waals surface area contributed by atoms with Crippen LogP contribution in [-0.4, -0.2) is 30.8 Å². The summed E-state index contributed by atoms with van der Waals surface area (Å²) in [7, 11) is 0. The maximum absolute atomic E-state index is 13.2. The Labute approximate surface area is 128 Å². The number of nitrogens with zero attached hydrogens (tertiary/aromatic N) is 4. The van der Waals surface area contributed by atoms with Crippen LogP contribution in [-0.2, 0) is 19.0 Å². The number of benzene rings is 1. The number of hydrogen-bond acceptors (Lipinski definition) is 4. The van der Waals surface area contributed by atoms with Crippen molar-refractivity contribution in [3.63, 3.8) is 0 Å². The minimum atomic E-state index is -4.36. The SMILES string of the molecule is FC(F)(F)c1ccccc1C1Cc2[nH]nc(-c3nn[nH]n3)c2C1. The lowest BCUT2D eigenvalue weighted by molar-refractivity contribution is -0.138. The highest BCUT2D eigenvalue weighted by Gasteiger charge is 2.37. The molecule has 0 aliphatic heterocycles. The van der Waals surface area contributed by atoms with Crippen LogP contribution in [0.5, 0.6) is 0 Å². The minimum absolute atomic E-state index is 0.247. The first-order valence-electron chi connectivity index (χ1n) is 7.00. The van der Waals surface area contributed by atoms with Gasteiger partial charge in [0.05, 0.1) is 5.56 Å². The van der Waals surface area contributed by atoms with Gasteiger partial charge in [0.15, 0.2) is 0 Å². The summed E-state index contributed by atoms with van der Waals surface area (Å²) in [6.07, 6.45) is -3.42. The maximum atomic E-state index is 13.2. The molecule has 0 radical (unpaired) electrons. The van der Waals surface area contributed by atoms with Crippen LogP contribution in [0.3, 0.4) is 0 Å². The Balaban J connectivity index is 1.70. The molecule has 1 aliphatic carbocycles. The fourth-order valence-corrected chi connectivity index (χ4v) is 3.13. The topological polar surface area (TPSA) is 83.1 Å². The van der Waals surface area contributed by atoms with Gasteiger partial charge in [0.2, 0.25) is 5.82 Å². The van der Waals surface area contributed by atoms with Crippen LogP contribution in [0.25, 0.3) is 11.5 Å². The van der Waals surface area contributed by atoms with E-state index in [1.54, 1.807) is 12.1 Å². The normalized spacial score (nSPS) is 17.4. The molecule has 0 bridgehead atoms. The molecule has 1 atom stereocenters. The summed E-state index contributed by atoms with van der Waals surface area (Å²) in [5.41, 5.74) is 1.95. The third kappa shape index (κ3) is 2.28. The van der Waals surface area contributed by atoms with E-state index in [1.807, 2.05) is 0 Å². The second-order valence-electron chi connectivity index (χ2n) is 5.45. The van der Waals surface area contributed by atoms with E-state index in [0.717, 1.165) is 17.3 Å². The molecule has 0 amide bonds. The molecule has 118 valence electrons. The fourth-order valence-electron chi connectivity index (χ4n) is 3.13. The molecule has 2 N–H and O–H groups in total. The van der Waals surface area contributed by atoms with Gasteiger partial charge < -0.3 is 0 Å². The van der Waals surface area contributed by atoms with E-state index in [-0.39, 0.29) is 5.92 Å². The molecule has 6 nitrogen and oxygen atoms in total. The molecular weight excluding hydrogens is 309 g/mol. The predicted molar refractivity (Wildman–Crippen MR) is 73.4 cm³/mol. The Hall–Kier alpha value is -2.71. The second kappa shape index (κ2) is 4.90. The number of fused-ring (bicyclic) bond motifs is 1. The Morgan fingerprint density at radius 1 is 1.09 bits per heavy atom. The van der Waals surface area contributed by atoms with Gasteiger partial charge in [-0.25, -0.2) is 0 Å². The number of halogens is 3. The van der Waals surface area contributed by atoms with Crippen LogP contribution < -0.4 is 0 Å². The number of H-pyrrole nitrogens is 2. The van der Waals surface area contributed by atoms with Gasteiger partial charge in [-0.3, -0.25) is 5.10 Å². The monoisotopic (exact) mass is 320 g/mol. The number of aromatic nitrogens is 6. The van der Waals surface area contributed by atoms with Crippen LogP contribution >= 0.6 is 0 Å². The zero-order valence-electron chi connectivity index (χ0n) is 11.7. The van der Waals surface area contributed by atoms with Crippen LogP contribution in [0.1, 0.15) is 28.3 Å². The van der Waals surface area contributed by atoms with E-state index in [9.17, 15) is 13.2 Å².